The Morgan fingerprint density at radius 2 is 1.68 bits per heavy atom. The molecule has 3 amide bonds. The fraction of sp³-hybridized carbons (Fsp3) is 0.300. The third-order valence-corrected chi connectivity index (χ3v) is 4.23. The molecule has 0 aromatic heterocycles. The van der Waals surface area contributed by atoms with Gasteiger partial charge in [-0.2, -0.15) is 0 Å². The molecule has 3 rings (SSSR count). The van der Waals surface area contributed by atoms with Gasteiger partial charge in [0.1, 0.15) is 0 Å². The van der Waals surface area contributed by atoms with E-state index < -0.39 is 0 Å². The molecule has 1 atom stereocenters. The van der Waals surface area contributed by atoms with E-state index in [4.69, 9.17) is 0 Å². The zero-order valence-electron chi connectivity index (χ0n) is 14.3. The number of benzene rings is 2. The quantitative estimate of drug-likeness (QED) is 0.742. The minimum absolute atomic E-state index is 0.0479. The first kappa shape index (κ1) is 17.0. The van der Waals surface area contributed by atoms with Crippen molar-refractivity contribution in [3.05, 3.63) is 60.2 Å². The Bertz CT molecular complexity index is 742. The summed E-state index contributed by atoms with van der Waals surface area (Å²) < 4.78 is 0. The van der Waals surface area contributed by atoms with Crippen molar-refractivity contribution in [2.75, 3.05) is 10.6 Å². The van der Waals surface area contributed by atoms with Crippen LogP contribution in [0.4, 0.5) is 16.2 Å². The fourth-order valence-corrected chi connectivity index (χ4v) is 2.74. The number of urea groups is 1. The Hall–Kier alpha value is -2.82. The Morgan fingerprint density at radius 1 is 1.00 bits per heavy atom. The van der Waals surface area contributed by atoms with Gasteiger partial charge in [-0.15, -0.1) is 0 Å². The van der Waals surface area contributed by atoms with Crippen LogP contribution in [0.25, 0.3) is 0 Å². The largest absolute Gasteiger partial charge is 0.335 e. The van der Waals surface area contributed by atoms with Crippen LogP contribution in [0.5, 0.6) is 0 Å². The van der Waals surface area contributed by atoms with Crippen LogP contribution in [0, 0.1) is 0 Å². The molecule has 1 fully saturated rings. The van der Waals surface area contributed by atoms with Crippen LogP contribution in [0.1, 0.15) is 37.7 Å². The van der Waals surface area contributed by atoms with Crippen molar-refractivity contribution >= 4 is 23.3 Å². The third-order valence-electron chi connectivity index (χ3n) is 4.23. The molecule has 0 bridgehead atoms. The predicted molar refractivity (Wildman–Crippen MR) is 99.7 cm³/mol. The zero-order valence-corrected chi connectivity index (χ0v) is 14.3. The highest BCUT2D eigenvalue weighted by molar-refractivity contribution is 5.97. The molecule has 0 unspecified atom stereocenters. The monoisotopic (exact) mass is 337 g/mol. The first-order chi connectivity index (χ1) is 12.2. The van der Waals surface area contributed by atoms with E-state index >= 15 is 0 Å². The first-order valence-electron chi connectivity index (χ1n) is 8.69. The highest BCUT2D eigenvalue weighted by Gasteiger charge is 2.23. The molecular weight excluding hydrogens is 314 g/mol. The van der Waals surface area contributed by atoms with Crippen LogP contribution < -0.4 is 16.0 Å². The second-order valence-corrected chi connectivity index (χ2v) is 6.31. The molecule has 1 aliphatic carbocycles. The minimum Gasteiger partial charge on any atom is -0.335 e. The van der Waals surface area contributed by atoms with Crippen LogP contribution in [0.15, 0.2) is 54.6 Å². The molecule has 2 aromatic carbocycles. The van der Waals surface area contributed by atoms with Gasteiger partial charge in [-0.05, 0) is 43.0 Å². The summed E-state index contributed by atoms with van der Waals surface area (Å²) in [5.74, 6) is -0.246. The van der Waals surface area contributed by atoms with Gasteiger partial charge in [0, 0.05) is 17.4 Å². The van der Waals surface area contributed by atoms with Crippen LogP contribution in [-0.4, -0.2) is 18.0 Å². The van der Waals surface area contributed by atoms with Crippen molar-refractivity contribution in [3.8, 4) is 0 Å². The minimum atomic E-state index is -0.207. The van der Waals surface area contributed by atoms with Crippen molar-refractivity contribution in [2.24, 2.45) is 0 Å². The van der Waals surface area contributed by atoms with Crippen molar-refractivity contribution < 1.29 is 9.59 Å². The molecule has 2 aromatic rings. The smallest absolute Gasteiger partial charge is 0.319 e. The summed E-state index contributed by atoms with van der Waals surface area (Å²) in [6.45, 7) is 2.00. The average Bonchev–Trinajstić information content (AvgIpc) is 3.40. The molecule has 0 spiro atoms. The van der Waals surface area contributed by atoms with E-state index in [1.807, 2.05) is 49.4 Å². The Labute approximate surface area is 147 Å². The molecule has 130 valence electrons. The maximum Gasteiger partial charge on any atom is 0.319 e. The molecule has 5 nitrogen and oxygen atoms in total. The number of hydrogen-bond acceptors (Lipinski definition) is 2. The molecule has 25 heavy (non-hydrogen) atoms. The number of nitrogens with one attached hydrogen (secondary N) is 3. The van der Waals surface area contributed by atoms with Crippen LogP contribution in [-0.2, 0) is 4.79 Å². The number of carbonyl (C=O) groups is 2. The standard InChI is InChI=1S/C20H23N3O2/c1-2-18(14-7-4-3-5-8-14)19(24)21-16-9-6-10-17(13-16)23-20(25)22-15-11-12-15/h3-10,13,15,18H,2,11-12H2,1H3,(H,21,24)(H2,22,23,25)/t18-/m0/s1. The van der Waals surface area contributed by atoms with Crippen LogP contribution >= 0.6 is 0 Å². The van der Waals surface area contributed by atoms with Crippen molar-refractivity contribution in [1.29, 1.82) is 0 Å². The lowest BCUT2D eigenvalue weighted by Crippen LogP contribution is -2.30. The lowest BCUT2D eigenvalue weighted by molar-refractivity contribution is -0.117. The van der Waals surface area contributed by atoms with Gasteiger partial charge >= 0.3 is 6.03 Å². The SMILES string of the molecule is CC[C@H](C(=O)Nc1cccc(NC(=O)NC2CC2)c1)c1ccccc1. The van der Waals surface area contributed by atoms with Gasteiger partial charge in [-0.25, -0.2) is 4.79 Å². The number of anilines is 2. The summed E-state index contributed by atoms with van der Waals surface area (Å²) in [5, 5.41) is 8.62. The van der Waals surface area contributed by atoms with Crippen LogP contribution in [0.3, 0.4) is 0 Å². The molecule has 0 radical (unpaired) electrons. The Morgan fingerprint density at radius 3 is 2.32 bits per heavy atom. The Kier molecular flexibility index (Phi) is 5.33. The number of rotatable bonds is 6. The summed E-state index contributed by atoms with van der Waals surface area (Å²) in [6, 6.07) is 17.0. The molecule has 0 aliphatic heterocycles. The van der Waals surface area contributed by atoms with Gasteiger partial charge in [0.15, 0.2) is 0 Å². The maximum atomic E-state index is 12.6. The predicted octanol–water partition coefficient (Wildman–Crippen LogP) is 4.10. The molecule has 3 N–H and O–H groups in total. The van der Waals surface area contributed by atoms with Gasteiger partial charge in [-0.1, -0.05) is 43.3 Å². The van der Waals surface area contributed by atoms with Gasteiger partial charge in [0.2, 0.25) is 5.91 Å². The van der Waals surface area contributed by atoms with E-state index in [-0.39, 0.29) is 17.9 Å². The fourth-order valence-electron chi connectivity index (χ4n) is 2.74. The van der Waals surface area contributed by atoms with E-state index in [2.05, 4.69) is 16.0 Å². The highest BCUT2D eigenvalue weighted by Crippen LogP contribution is 2.23. The van der Waals surface area contributed by atoms with Crippen molar-refractivity contribution in [3.63, 3.8) is 0 Å². The summed E-state index contributed by atoms with van der Waals surface area (Å²) >= 11 is 0. The van der Waals surface area contributed by atoms with E-state index in [1.54, 1.807) is 12.1 Å². The van der Waals surface area contributed by atoms with Gasteiger partial charge < -0.3 is 16.0 Å². The number of carbonyl (C=O) groups excluding carboxylic acids is 2. The van der Waals surface area contributed by atoms with Gasteiger partial charge in [0.25, 0.3) is 0 Å². The van der Waals surface area contributed by atoms with E-state index in [9.17, 15) is 9.59 Å². The number of hydrogen-bond donors (Lipinski definition) is 3. The summed E-state index contributed by atoms with van der Waals surface area (Å²) in [4.78, 5) is 24.4. The molecule has 0 heterocycles. The van der Waals surface area contributed by atoms with Gasteiger partial charge in [-0.3, -0.25) is 4.79 Å². The Balaban J connectivity index is 1.64. The van der Waals surface area contributed by atoms with Crippen LogP contribution in [0.2, 0.25) is 0 Å². The topological polar surface area (TPSA) is 70.2 Å². The maximum absolute atomic E-state index is 12.6. The highest BCUT2D eigenvalue weighted by atomic mass is 16.2. The lowest BCUT2D eigenvalue weighted by Gasteiger charge is -2.16. The third kappa shape index (κ3) is 4.83. The summed E-state index contributed by atoms with van der Waals surface area (Å²) in [6.07, 6.45) is 2.81. The lowest BCUT2D eigenvalue weighted by atomic mass is 9.95. The van der Waals surface area contributed by atoms with Crippen molar-refractivity contribution in [2.45, 2.75) is 38.1 Å². The average molecular weight is 337 g/mol. The normalized spacial score (nSPS) is 14.4. The first-order valence-corrected chi connectivity index (χ1v) is 8.69. The van der Waals surface area contributed by atoms with Crippen molar-refractivity contribution in [1.82, 2.24) is 5.32 Å². The van der Waals surface area contributed by atoms with E-state index in [1.165, 1.54) is 0 Å². The second kappa shape index (κ2) is 7.83. The zero-order chi connectivity index (χ0) is 17.6. The summed E-state index contributed by atoms with van der Waals surface area (Å²) in [5.41, 5.74) is 2.33. The second-order valence-electron chi connectivity index (χ2n) is 6.31. The molecule has 5 heteroatoms. The molecular formula is C20H23N3O2. The van der Waals surface area contributed by atoms with E-state index in [0.717, 1.165) is 24.8 Å². The van der Waals surface area contributed by atoms with E-state index in [0.29, 0.717) is 17.4 Å². The van der Waals surface area contributed by atoms with Gasteiger partial charge in [0.05, 0.1) is 5.92 Å². The molecule has 0 saturated heterocycles. The molecule has 1 saturated carbocycles. The number of amides is 3. The molecule has 1 aliphatic rings. The summed E-state index contributed by atoms with van der Waals surface area (Å²) in [7, 11) is 0.